The van der Waals surface area contributed by atoms with Gasteiger partial charge in [0, 0.05) is 19.0 Å². The second-order valence-electron chi connectivity index (χ2n) is 13.8. The number of rotatable bonds is 12. The van der Waals surface area contributed by atoms with Crippen LogP contribution in [0.1, 0.15) is 98.3 Å². The predicted octanol–water partition coefficient (Wildman–Crippen LogP) is 3.35. The first-order chi connectivity index (χ1) is 20.5. The van der Waals surface area contributed by atoms with Crippen molar-refractivity contribution in [1.82, 2.24) is 20.9 Å². The summed E-state index contributed by atoms with van der Waals surface area (Å²) in [7, 11) is 0. The van der Waals surface area contributed by atoms with E-state index >= 15 is 0 Å². The number of nitrogens with one attached hydrogen (secondary N) is 3. The molecule has 4 amide bonds. The van der Waals surface area contributed by atoms with E-state index in [1.54, 1.807) is 0 Å². The third-order valence-corrected chi connectivity index (χ3v) is 8.74. The zero-order valence-electron chi connectivity index (χ0n) is 26.5. The molecule has 5 atom stereocenters. The molecule has 0 spiro atoms. The first-order valence-corrected chi connectivity index (χ1v) is 16.2. The van der Waals surface area contributed by atoms with Gasteiger partial charge < -0.3 is 35.1 Å². The van der Waals surface area contributed by atoms with Gasteiger partial charge in [-0.15, -0.1) is 0 Å². The van der Waals surface area contributed by atoms with Crippen molar-refractivity contribution in [2.75, 3.05) is 19.8 Å². The van der Waals surface area contributed by atoms with E-state index in [1.165, 1.54) is 11.3 Å². The van der Waals surface area contributed by atoms with Crippen LogP contribution in [0.2, 0.25) is 0 Å². The summed E-state index contributed by atoms with van der Waals surface area (Å²) in [5, 5.41) is 8.95. The summed E-state index contributed by atoms with van der Waals surface area (Å²) in [6.45, 7) is 12.7. The fourth-order valence-corrected chi connectivity index (χ4v) is 6.14. The number of amides is 4. The first kappa shape index (κ1) is 33.2. The molecule has 2 heterocycles. The Balaban J connectivity index is 1.48. The molecule has 0 radical (unpaired) electrons. The first-order valence-electron chi connectivity index (χ1n) is 16.2. The molecule has 2 saturated carbocycles. The van der Waals surface area contributed by atoms with Crippen LogP contribution in [0.4, 0.5) is 4.79 Å². The molecule has 4 rings (SSSR count). The maximum atomic E-state index is 14.0. The standard InChI is InChI=1S/C32H52N4O7/c1-6-10-24(26(29(38)33-21-13-14-21)42-22-11-8-7-9-12-22)34-28(37)25-17-20(2)18-36(25)30(39)27(32(3,4)5)35-31(40)43-23-15-16-41-19-23/h21-27H,2,6-19H2,1,3-5H3,(H,33,38)(H,34,37)(H,35,40)/t23-,24-,25-,26?,27+/m0/s1. The molecule has 43 heavy (non-hydrogen) atoms. The van der Waals surface area contributed by atoms with Crippen LogP contribution in [-0.2, 0) is 28.6 Å². The fourth-order valence-electron chi connectivity index (χ4n) is 6.14. The van der Waals surface area contributed by atoms with E-state index in [-0.39, 0.29) is 42.5 Å². The van der Waals surface area contributed by atoms with Crippen molar-refractivity contribution in [2.45, 2.75) is 141 Å². The van der Waals surface area contributed by atoms with E-state index in [2.05, 4.69) is 22.5 Å². The molecule has 0 aromatic heterocycles. The van der Waals surface area contributed by atoms with Crippen molar-refractivity contribution >= 4 is 23.8 Å². The van der Waals surface area contributed by atoms with Gasteiger partial charge in [-0.1, -0.05) is 65.5 Å². The van der Waals surface area contributed by atoms with Gasteiger partial charge in [-0.05, 0) is 43.9 Å². The molecule has 242 valence electrons. The molecule has 3 N–H and O–H groups in total. The zero-order chi connectivity index (χ0) is 31.1. The van der Waals surface area contributed by atoms with Gasteiger partial charge in [-0.25, -0.2) is 4.79 Å². The maximum Gasteiger partial charge on any atom is 0.408 e. The molecule has 2 saturated heterocycles. The molecule has 0 aromatic carbocycles. The van der Waals surface area contributed by atoms with Crippen molar-refractivity contribution in [1.29, 1.82) is 0 Å². The topological polar surface area (TPSA) is 135 Å². The van der Waals surface area contributed by atoms with Gasteiger partial charge in [-0.3, -0.25) is 14.4 Å². The van der Waals surface area contributed by atoms with Gasteiger partial charge in [0.2, 0.25) is 11.8 Å². The summed E-state index contributed by atoms with van der Waals surface area (Å²) in [4.78, 5) is 55.6. The lowest BCUT2D eigenvalue weighted by atomic mass is 9.85. The molecular weight excluding hydrogens is 552 g/mol. The van der Waals surface area contributed by atoms with Crippen LogP contribution >= 0.6 is 0 Å². The number of hydrogen-bond donors (Lipinski definition) is 3. The third kappa shape index (κ3) is 9.41. The quantitative estimate of drug-likeness (QED) is 0.291. The maximum absolute atomic E-state index is 14.0. The van der Waals surface area contributed by atoms with Gasteiger partial charge in [-0.2, -0.15) is 0 Å². The Morgan fingerprint density at radius 2 is 1.74 bits per heavy atom. The second kappa shape index (κ2) is 14.9. The molecule has 0 aromatic rings. The highest BCUT2D eigenvalue weighted by Crippen LogP contribution is 2.29. The number of hydrogen-bond acceptors (Lipinski definition) is 7. The minimum absolute atomic E-state index is 0.0153. The van der Waals surface area contributed by atoms with Crippen molar-refractivity contribution in [3.8, 4) is 0 Å². The Kier molecular flexibility index (Phi) is 11.5. The molecular formula is C32H52N4O7. The Bertz CT molecular complexity index is 1010. The SMILES string of the molecule is C=C1C[C@@H](C(=O)N[C@@H](CCC)C(OC2CCCCC2)C(=O)NC2CC2)N(C(=O)[C@@H](NC(=O)O[C@H]2CCOC2)C(C)(C)C)C1. The van der Waals surface area contributed by atoms with Crippen LogP contribution in [0.5, 0.6) is 0 Å². The molecule has 0 bridgehead atoms. The number of carbonyl (C=O) groups is 4. The van der Waals surface area contributed by atoms with Gasteiger partial charge in [0.25, 0.3) is 5.91 Å². The summed E-state index contributed by atoms with van der Waals surface area (Å²) in [6, 6.07) is -2.11. The van der Waals surface area contributed by atoms with Crippen LogP contribution in [0, 0.1) is 5.41 Å². The predicted molar refractivity (Wildman–Crippen MR) is 161 cm³/mol. The smallest absolute Gasteiger partial charge is 0.408 e. The highest BCUT2D eigenvalue weighted by atomic mass is 16.6. The minimum atomic E-state index is -0.929. The Labute approximate surface area is 256 Å². The van der Waals surface area contributed by atoms with Gasteiger partial charge >= 0.3 is 6.09 Å². The zero-order valence-corrected chi connectivity index (χ0v) is 26.5. The van der Waals surface area contributed by atoms with Crippen LogP contribution < -0.4 is 16.0 Å². The van der Waals surface area contributed by atoms with Crippen LogP contribution in [0.15, 0.2) is 12.2 Å². The van der Waals surface area contributed by atoms with E-state index in [1.807, 2.05) is 27.7 Å². The summed E-state index contributed by atoms with van der Waals surface area (Å²) in [6.07, 6.45) is 7.39. The van der Waals surface area contributed by atoms with Gasteiger partial charge in [0.05, 0.1) is 25.4 Å². The van der Waals surface area contributed by atoms with Gasteiger partial charge in [0.15, 0.2) is 6.10 Å². The van der Waals surface area contributed by atoms with Crippen LogP contribution in [-0.4, -0.2) is 91.0 Å². The second-order valence-corrected chi connectivity index (χ2v) is 13.8. The van der Waals surface area contributed by atoms with Crippen molar-refractivity contribution in [3.05, 3.63) is 12.2 Å². The average molecular weight is 605 g/mol. The van der Waals surface area contributed by atoms with E-state index in [9.17, 15) is 19.2 Å². The number of alkyl carbamates (subject to hydrolysis) is 1. The Hall–Kier alpha value is -2.66. The largest absolute Gasteiger partial charge is 0.444 e. The molecule has 2 aliphatic heterocycles. The van der Waals surface area contributed by atoms with E-state index in [4.69, 9.17) is 14.2 Å². The summed E-state index contributed by atoms with van der Waals surface area (Å²) in [5.41, 5.74) is 0.0954. The number of nitrogens with zero attached hydrogens (tertiary/aromatic N) is 1. The summed E-state index contributed by atoms with van der Waals surface area (Å²) < 4.78 is 17.2. The molecule has 4 aliphatic rings. The lowest BCUT2D eigenvalue weighted by Gasteiger charge is -2.36. The van der Waals surface area contributed by atoms with E-state index in [0.29, 0.717) is 32.5 Å². The fraction of sp³-hybridized carbons (Fsp3) is 0.812. The highest BCUT2D eigenvalue weighted by molar-refractivity contribution is 5.93. The minimum Gasteiger partial charge on any atom is -0.444 e. The Morgan fingerprint density at radius 1 is 1.02 bits per heavy atom. The molecule has 4 fully saturated rings. The molecule has 11 nitrogen and oxygen atoms in total. The van der Waals surface area contributed by atoms with Crippen molar-refractivity contribution < 1.29 is 33.4 Å². The number of ether oxygens (including phenoxy) is 3. The average Bonchev–Trinajstić information content (AvgIpc) is 3.44. The summed E-state index contributed by atoms with van der Waals surface area (Å²) >= 11 is 0. The van der Waals surface area contributed by atoms with Crippen LogP contribution in [0.3, 0.4) is 0 Å². The molecule has 11 heteroatoms. The monoisotopic (exact) mass is 604 g/mol. The number of likely N-dealkylation sites (tertiary alicyclic amines) is 1. The normalized spacial score (nSPS) is 25.1. The highest BCUT2D eigenvalue weighted by Gasteiger charge is 2.45. The van der Waals surface area contributed by atoms with Gasteiger partial charge in [0.1, 0.15) is 18.2 Å². The Morgan fingerprint density at radius 3 is 2.35 bits per heavy atom. The van der Waals surface area contributed by atoms with Crippen molar-refractivity contribution in [2.24, 2.45) is 5.41 Å². The summed E-state index contributed by atoms with van der Waals surface area (Å²) in [5.74, 6) is -0.904. The number of carbonyl (C=O) groups excluding carboxylic acids is 4. The van der Waals surface area contributed by atoms with E-state index in [0.717, 1.165) is 50.5 Å². The molecule has 1 unspecified atom stereocenters. The lowest BCUT2D eigenvalue weighted by Crippen LogP contribution is -2.60. The van der Waals surface area contributed by atoms with E-state index < -0.39 is 35.7 Å². The van der Waals surface area contributed by atoms with Crippen molar-refractivity contribution in [3.63, 3.8) is 0 Å². The third-order valence-electron chi connectivity index (χ3n) is 8.74. The lowest BCUT2D eigenvalue weighted by molar-refractivity contribution is -0.146. The molecule has 2 aliphatic carbocycles. The van der Waals surface area contributed by atoms with Crippen LogP contribution in [0.25, 0.3) is 0 Å².